The molecule has 0 aliphatic rings. The van der Waals surface area contributed by atoms with E-state index in [1.54, 1.807) is 5.38 Å². The van der Waals surface area contributed by atoms with Gasteiger partial charge in [0.2, 0.25) is 0 Å². The average Bonchev–Trinajstić information content (AvgIpc) is 2.92. The molecule has 0 aliphatic heterocycles. The van der Waals surface area contributed by atoms with Gasteiger partial charge in [-0.25, -0.2) is 4.98 Å². The van der Waals surface area contributed by atoms with Crippen LogP contribution in [0, 0.1) is 10.1 Å². The van der Waals surface area contributed by atoms with E-state index in [4.69, 9.17) is 4.74 Å². The molecule has 98 valence electrons. The third-order valence-electron chi connectivity index (χ3n) is 2.31. The first kappa shape index (κ1) is 13.0. The number of thiazole rings is 1. The van der Waals surface area contributed by atoms with Crippen molar-refractivity contribution >= 4 is 28.6 Å². The maximum absolute atomic E-state index is 11.8. The van der Waals surface area contributed by atoms with Crippen LogP contribution in [0.2, 0.25) is 0 Å². The molecule has 1 heterocycles. The van der Waals surface area contributed by atoms with E-state index in [0.29, 0.717) is 5.75 Å². The van der Waals surface area contributed by atoms with Gasteiger partial charge in [0.15, 0.2) is 0 Å². The van der Waals surface area contributed by atoms with Gasteiger partial charge in [0.1, 0.15) is 17.1 Å². The molecule has 19 heavy (non-hydrogen) atoms. The number of anilines is 1. The van der Waals surface area contributed by atoms with Crippen molar-refractivity contribution in [3.05, 3.63) is 44.9 Å². The van der Waals surface area contributed by atoms with Crippen LogP contribution < -0.4 is 10.1 Å². The predicted molar refractivity (Wildman–Crippen MR) is 69.7 cm³/mol. The number of ether oxygens (including phenoxy) is 1. The van der Waals surface area contributed by atoms with Crippen LogP contribution in [-0.2, 0) is 0 Å². The lowest BCUT2D eigenvalue weighted by Crippen LogP contribution is -2.13. The first-order chi connectivity index (χ1) is 9.11. The fourth-order valence-electron chi connectivity index (χ4n) is 1.41. The molecule has 0 saturated heterocycles. The Kier molecular flexibility index (Phi) is 3.71. The van der Waals surface area contributed by atoms with Crippen LogP contribution in [0.3, 0.4) is 0 Å². The van der Waals surface area contributed by atoms with Gasteiger partial charge >= 0.3 is 0 Å². The number of carbonyl (C=O) groups is 1. The average molecular weight is 279 g/mol. The minimum absolute atomic E-state index is 0.101. The number of nitrogens with zero attached hydrogens (tertiary/aromatic N) is 2. The summed E-state index contributed by atoms with van der Waals surface area (Å²) in [6, 6.07) is 4.20. The smallest absolute Gasteiger partial charge is 0.296 e. The maximum atomic E-state index is 11.8. The Morgan fingerprint density at radius 1 is 1.53 bits per heavy atom. The van der Waals surface area contributed by atoms with Crippen molar-refractivity contribution in [2.75, 3.05) is 12.4 Å². The summed E-state index contributed by atoms with van der Waals surface area (Å²) in [4.78, 5) is 26.0. The highest BCUT2D eigenvalue weighted by molar-refractivity contribution is 7.07. The second-order valence-corrected chi connectivity index (χ2v) is 4.19. The highest BCUT2D eigenvalue weighted by atomic mass is 32.1. The van der Waals surface area contributed by atoms with Crippen LogP contribution in [0.5, 0.6) is 5.75 Å². The van der Waals surface area contributed by atoms with E-state index in [1.165, 1.54) is 42.2 Å². The van der Waals surface area contributed by atoms with E-state index in [-0.39, 0.29) is 17.1 Å². The van der Waals surface area contributed by atoms with Crippen LogP contribution in [0.25, 0.3) is 0 Å². The van der Waals surface area contributed by atoms with Gasteiger partial charge in [0.05, 0.1) is 23.6 Å². The number of hydrogen-bond acceptors (Lipinski definition) is 6. The summed E-state index contributed by atoms with van der Waals surface area (Å²) in [5, 5.41) is 15.0. The molecule has 0 atom stereocenters. The van der Waals surface area contributed by atoms with Gasteiger partial charge in [-0.05, 0) is 12.1 Å². The van der Waals surface area contributed by atoms with Crippen LogP contribution >= 0.6 is 11.3 Å². The Bertz CT molecular complexity index is 612. The Morgan fingerprint density at radius 2 is 2.32 bits per heavy atom. The summed E-state index contributed by atoms with van der Waals surface area (Å²) in [5.41, 5.74) is 1.60. The lowest BCUT2D eigenvalue weighted by Gasteiger charge is -2.06. The summed E-state index contributed by atoms with van der Waals surface area (Å²) in [6.45, 7) is 0. The highest BCUT2D eigenvalue weighted by Crippen LogP contribution is 2.29. The number of nitro groups is 1. The molecule has 0 spiro atoms. The molecule has 0 saturated carbocycles. The van der Waals surface area contributed by atoms with E-state index in [0.717, 1.165) is 0 Å². The van der Waals surface area contributed by atoms with Gasteiger partial charge in [-0.1, -0.05) is 0 Å². The molecule has 0 fully saturated rings. The number of rotatable bonds is 4. The zero-order valence-electron chi connectivity index (χ0n) is 9.82. The number of benzene rings is 1. The quantitative estimate of drug-likeness (QED) is 0.684. The minimum atomic E-state index is -0.584. The largest absolute Gasteiger partial charge is 0.496 e. The molecule has 8 heteroatoms. The van der Waals surface area contributed by atoms with E-state index in [9.17, 15) is 14.9 Å². The standard InChI is InChI=1S/C11H9N3O4S/c1-18-7-2-3-8(10(4-7)14(16)17)13-11(15)9-5-19-6-12-9/h2-6H,1H3,(H,13,15). The summed E-state index contributed by atoms with van der Waals surface area (Å²) >= 11 is 1.27. The number of carbonyl (C=O) groups excluding carboxylic acids is 1. The highest BCUT2D eigenvalue weighted by Gasteiger charge is 2.18. The first-order valence-corrected chi connectivity index (χ1v) is 6.08. The molecule has 7 nitrogen and oxygen atoms in total. The number of methoxy groups -OCH3 is 1. The molecule has 2 rings (SSSR count). The van der Waals surface area contributed by atoms with Gasteiger partial charge in [0, 0.05) is 5.38 Å². The van der Waals surface area contributed by atoms with Crippen molar-refractivity contribution in [1.82, 2.24) is 4.98 Å². The normalized spacial score (nSPS) is 9.95. The van der Waals surface area contributed by atoms with E-state index in [1.807, 2.05) is 0 Å². The molecule has 0 bridgehead atoms. The second kappa shape index (κ2) is 5.44. The molecule has 1 amide bonds. The monoisotopic (exact) mass is 279 g/mol. The maximum Gasteiger partial charge on any atom is 0.296 e. The van der Waals surface area contributed by atoms with Crippen molar-refractivity contribution in [1.29, 1.82) is 0 Å². The zero-order valence-corrected chi connectivity index (χ0v) is 10.6. The fourth-order valence-corrected chi connectivity index (χ4v) is 1.94. The second-order valence-electron chi connectivity index (χ2n) is 3.47. The van der Waals surface area contributed by atoms with Gasteiger partial charge < -0.3 is 10.1 Å². The number of aromatic nitrogens is 1. The van der Waals surface area contributed by atoms with Crippen LogP contribution in [0.15, 0.2) is 29.1 Å². The molecule has 2 aromatic rings. The van der Waals surface area contributed by atoms with Crippen LogP contribution in [-0.4, -0.2) is 22.9 Å². The molecule has 1 aromatic heterocycles. The molecular formula is C11H9N3O4S. The van der Waals surface area contributed by atoms with Crippen molar-refractivity contribution in [3.63, 3.8) is 0 Å². The molecule has 1 aromatic carbocycles. The number of nitrogens with one attached hydrogen (secondary N) is 1. The number of amides is 1. The summed E-state index contributed by atoms with van der Waals surface area (Å²) in [6.07, 6.45) is 0. The van der Waals surface area contributed by atoms with Crippen LogP contribution in [0.4, 0.5) is 11.4 Å². The fraction of sp³-hybridized carbons (Fsp3) is 0.0909. The summed E-state index contributed by atoms with van der Waals surface area (Å²) in [7, 11) is 1.41. The van der Waals surface area contributed by atoms with E-state index < -0.39 is 10.8 Å². The Balaban J connectivity index is 2.29. The predicted octanol–water partition coefficient (Wildman–Crippen LogP) is 2.31. The van der Waals surface area contributed by atoms with Gasteiger partial charge in [-0.2, -0.15) is 0 Å². The molecule has 0 aliphatic carbocycles. The van der Waals surface area contributed by atoms with Gasteiger partial charge in [-0.3, -0.25) is 14.9 Å². The van der Waals surface area contributed by atoms with Crippen molar-refractivity contribution in [3.8, 4) is 5.75 Å². The topological polar surface area (TPSA) is 94.4 Å². The Morgan fingerprint density at radius 3 is 2.89 bits per heavy atom. The number of hydrogen-bond donors (Lipinski definition) is 1. The van der Waals surface area contributed by atoms with Crippen LogP contribution in [0.1, 0.15) is 10.5 Å². The molecule has 1 N–H and O–H groups in total. The number of nitro benzene ring substituents is 1. The third kappa shape index (κ3) is 2.86. The van der Waals surface area contributed by atoms with E-state index in [2.05, 4.69) is 10.3 Å². The van der Waals surface area contributed by atoms with Gasteiger partial charge in [-0.15, -0.1) is 11.3 Å². The van der Waals surface area contributed by atoms with Crippen molar-refractivity contribution in [2.45, 2.75) is 0 Å². The van der Waals surface area contributed by atoms with Crippen molar-refractivity contribution in [2.24, 2.45) is 0 Å². The molecular weight excluding hydrogens is 270 g/mol. The first-order valence-electron chi connectivity index (χ1n) is 5.14. The van der Waals surface area contributed by atoms with Crippen molar-refractivity contribution < 1.29 is 14.5 Å². The van der Waals surface area contributed by atoms with E-state index >= 15 is 0 Å². The zero-order chi connectivity index (χ0) is 13.8. The lowest BCUT2D eigenvalue weighted by molar-refractivity contribution is -0.384. The SMILES string of the molecule is COc1ccc(NC(=O)c2cscn2)c([N+](=O)[O-])c1. The Hall–Kier alpha value is -2.48. The lowest BCUT2D eigenvalue weighted by atomic mass is 10.2. The molecule has 0 unspecified atom stereocenters. The Labute approximate surface area is 112 Å². The summed E-state index contributed by atoms with van der Waals surface area (Å²) in [5.74, 6) is -0.145. The third-order valence-corrected chi connectivity index (χ3v) is 2.90. The molecule has 0 radical (unpaired) electrons. The van der Waals surface area contributed by atoms with Gasteiger partial charge in [0.25, 0.3) is 11.6 Å². The summed E-state index contributed by atoms with van der Waals surface area (Å²) < 4.78 is 4.91. The minimum Gasteiger partial charge on any atom is -0.496 e.